The molecular formula is C35H41N7O5. The molecule has 47 heavy (non-hydrogen) atoms. The number of hydrogen-bond acceptors (Lipinski definition) is 8. The van der Waals surface area contributed by atoms with Gasteiger partial charge in [-0.1, -0.05) is 60.7 Å². The van der Waals surface area contributed by atoms with E-state index in [4.69, 9.17) is 25.6 Å². The Kier molecular flexibility index (Phi) is 9.90. The average molecular weight is 640 g/mol. The number of nitrogens with one attached hydrogen (secondary N) is 2. The van der Waals surface area contributed by atoms with Crippen molar-refractivity contribution in [1.82, 2.24) is 24.7 Å². The number of nitrogens with zero attached hydrogens (tertiary/aromatic N) is 4. The van der Waals surface area contributed by atoms with Crippen molar-refractivity contribution in [3.8, 4) is 0 Å². The number of aryl methyl sites for hydroxylation is 1. The molecule has 1 fully saturated rings. The third-order valence-electron chi connectivity index (χ3n) is 8.78. The molecule has 0 spiro atoms. The third kappa shape index (κ3) is 6.82. The normalized spacial score (nSPS) is 14.7. The summed E-state index contributed by atoms with van der Waals surface area (Å²) >= 11 is 0. The molecule has 1 aromatic heterocycles. The van der Waals surface area contributed by atoms with Gasteiger partial charge >= 0.3 is 12.2 Å². The Morgan fingerprint density at radius 2 is 1.72 bits per heavy atom. The maximum absolute atomic E-state index is 13.9. The molecule has 2 unspecified atom stereocenters. The fourth-order valence-corrected chi connectivity index (χ4v) is 5.83. The van der Waals surface area contributed by atoms with Gasteiger partial charge in [-0.15, -0.1) is 0 Å². The molecule has 5 rings (SSSR count). The van der Waals surface area contributed by atoms with Gasteiger partial charge in [-0.25, -0.2) is 14.6 Å². The topological polar surface area (TPSA) is 156 Å². The summed E-state index contributed by atoms with van der Waals surface area (Å²) in [6.07, 6.45) is 0.545. The first-order chi connectivity index (χ1) is 22.5. The SMILES string of the molecule is CCOC(=O)N(C)C(C)(C(=O)N1CCCC1)c1ccc2c(c1)nc(C(N)c1ccc(C(=N)NC(=O)OCc3ccccc3)cc1)n2C. The van der Waals surface area contributed by atoms with Gasteiger partial charge in [0.1, 0.15) is 23.8 Å². The number of hydrogen-bond donors (Lipinski definition) is 3. The maximum Gasteiger partial charge on any atom is 0.413 e. The zero-order valence-corrected chi connectivity index (χ0v) is 27.2. The number of amides is 3. The quantitative estimate of drug-likeness (QED) is 0.176. The van der Waals surface area contributed by atoms with Crippen molar-refractivity contribution in [2.45, 2.75) is 44.9 Å². The lowest BCUT2D eigenvalue weighted by Gasteiger charge is -2.39. The lowest BCUT2D eigenvalue weighted by molar-refractivity contribution is -0.141. The van der Waals surface area contributed by atoms with Crippen molar-refractivity contribution in [2.75, 3.05) is 26.7 Å². The molecular weight excluding hydrogens is 598 g/mol. The first-order valence-corrected chi connectivity index (χ1v) is 15.6. The van der Waals surface area contributed by atoms with Crippen LogP contribution < -0.4 is 11.1 Å². The zero-order chi connectivity index (χ0) is 33.7. The molecule has 0 aliphatic carbocycles. The van der Waals surface area contributed by atoms with E-state index in [0.717, 1.165) is 29.5 Å². The van der Waals surface area contributed by atoms with Crippen molar-refractivity contribution in [3.05, 3.63) is 101 Å². The molecule has 4 aromatic rings. The fourth-order valence-electron chi connectivity index (χ4n) is 5.83. The molecule has 2 atom stereocenters. The Morgan fingerprint density at radius 1 is 1.04 bits per heavy atom. The first-order valence-electron chi connectivity index (χ1n) is 15.6. The number of ether oxygens (including phenoxy) is 2. The Morgan fingerprint density at radius 3 is 2.38 bits per heavy atom. The standard InChI is InChI=1S/C35H41N7O5/c1-5-46-34(45)41(4)35(2,32(43)42-19-9-10-20-42)26-17-18-28-27(21-26)38-31(40(28)3)29(36)24-13-15-25(16-14-24)30(37)39-33(44)47-22-23-11-7-6-8-12-23/h6-8,11-18,21,29H,5,9-10,19-20,22,36H2,1-4H3,(H2,37,39,44). The minimum atomic E-state index is -1.31. The summed E-state index contributed by atoms with van der Waals surface area (Å²) in [5.41, 5.74) is 9.53. The molecule has 12 nitrogen and oxygen atoms in total. The Labute approximate surface area is 274 Å². The van der Waals surface area contributed by atoms with E-state index in [1.165, 1.54) is 4.90 Å². The van der Waals surface area contributed by atoms with E-state index in [9.17, 15) is 14.4 Å². The molecule has 0 radical (unpaired) electrons. The van der Waals surface area contributed by atoms with Crippen LogP contribution in [0.4, 0.5) is 9.59 Å². The largest absolute Gasteiger partial charge is 0.450 e. The first kappa shape index (κ1) is 33.1. The Balaban J connectivity index is 1.35. The second-order valence-corrected chi connectivity index (χ2v) is 11.7. The molecule has 2 heterocycles. The van der Waals surface area contributed by atoms with Crippen LogP contribution in [0.2, 0.25) is 0 Å². The molecule has 0 bridgehead atoms. The highest BCUT2D eigenvalue weighted by Gasteiger charge is 2.45. The van der Waals surface area contributed by atoms with E-state index < -0.39 is 23.8 Å². The van der Waals surface area contributed by atoms with E-state index in [0.29, 0.717) is 35.6 Å². The molecule has 3 amide bonds. The molecule has 0 saturated carbocycles. The molecule has 3 aromatic carbocycles. The Bertz CT molecular complexity index is 1770. The average Bonchev–Trinajstić information content (AvgIpc) is 3.75. The van der Waals surface area contributed by atoms with Crippen LogP contribution >= 0.6 is 0 Å². The predicted octanol–water partition coefficient (Wildman–Crippen LogP) is 4.80. The van der Waals surface area contributed by atoms with Gasteiger partial charge in [0.25, 0.3) is 5.91 Å². The van der Waals surface area contributed by atoms with Crippen LogP contribution in [0.5, 0.6) is 0 Å². The van der Waals surface area contributed by atoms with Crippen LogP contribution in [0.3, 0.4) is 0 Å². The van der Waals surface area contributed by atoms with E-state index in [1.54, 1.807) is 50.1 Å². The van der Waals surface area contributed by atoms with Gasteiger partial charge in [-0.05, 0) is 55.5 Å². The van der Waals surface area contributed by atoms with E-state index in [-0.39, 0.29) is 25.0 Å². The number of imidazole rings is 1. The maximum atomic E-state index is 13.9. The highest BCUT2D eigenvalue weighted by molar-refractivity contribution is 6.04. The second-order valence-electron chi connectivity index (χ2n) is 11.7. The number of carbonyl (C=O) groups excluding carboxylic acids is 3. The summed E-state index contributed by atoms with van der Waals surface area (Å²) in [6, 6.07) is 21.2. The van der Waals surface area contributed by atoms with Crippen molar-refractivity contribution in [2.24, 2.45) is 12.8 Å². The lowest BCUT2D eigenvalue weighted by atomic mass is 9.88. The van der Waals surface area contributed by atoms with Crippen LogP contribution in [0.25, 0.3) is 11.0 Å². The van der Waals surface area contributed by atoms with Gasteiger partial charge in [0.2, 0.25) is 0 Å². The van der Waals surface area contributed by atoms with E-state index in [2.05, 4.69) is 5.32 Å². The number of likely N-dealkylation sites (tertiary alicyclic amines) is 1. The number of aromatic nitrogens is 2. The summed E-state index contributed by atoms with van der Waals surface area (Å²) < 4.78 is 12.4. The predicted molar refractivity (Wildman–Crippen MR) is 178 cm³/mol. The van der Waals surface area contributed by atoms with Crippen molar-refractivity contribution < 1.29 is 23.9 Å². The minimum absolute atomic E-state index is 0.0993. The van der Waals surface area contributed by atoms with Crippen LogP contribution in [0, 0.1) is 5.41 Å². The van der Waals surface area contributed by atoms with E-state index in [1.807, 2.05) is 60.1 Å². The number of fused-ring (bicyclic) bond motifs is 1. The van der Waals surface area contributed by atoms with Crippen LogP contribution in [-0.4, -0.2) is 70.0 Å². The molecule has 4 N–H and O–H groups in total. The van der Waals surface area contributed by atoms with Crippen LogP contribution in [0.15, 0.2) is 72.8 Å². The molecule has 1 aliphatic rings. The summed E-state index contributed by atoms with van der Waals surface area (Å²) in [5.74, 6) is 0.328. The number of benzene rings is 3. The van der Waals surface area contributed by atoms with Gasteiger partial charge in [0.15, 0.2) is 0 Å². The van der Waals surface area contributed by atoms with Crippen LogP contribution in [0.1, 0.15) is 60.8 Å². The Hall–Kier alpha value is -5.23. The highest BCUT2D eigenvalue weighted by atomic mass is 16.6. The third-order valence-corrected chi connectivity index (χ3v) is 8.78. The number of likely N-dealkylation sites (N-methyl/N-ethyl adjacent to an activating group) is 1. The number of alkyl carbamates (subject to hydrolysis) is 1. The smallest absolute Gasteiger partial charge is 0.413 e. The number of rotatable bonds is 9. The fraction of sp³-hybridized carbons (Fsp3) is 0.343. The van der Waals surface area contributed by atoms with Gasteiger partial charge in [-0.2, -0.15) is 0 Å². The molecule has 12 heteroatoms. The van der Waals surface area contributed by atoms with Crippen molar-refractivity contribution in [1.29, 1.82) is 5.41 Å². The second kappa shape index (κ2) is 14.0. The van der Waals surface area contributed by atoms with Gasteiger partial charge in [0, 0.05) is 32.7 Å². The van der Waals surface area contributed by atoms with Gasteiger partial charge in [-0.3, -0.25) is 20.4 Å². The zero-order valence-electron chi connectivity index (χ0n) is 27.2. The molecule has 1 aliphatic heterocycles. The number of nitrogens with two attached hydrogens (primary N) is 1. The monoisotopic (exact) mass is 639 g/mol. The van der Waals surface area contributed by atoms with Crippen molar-refractivity contribution in [3.63, 3.8) is 0 Å². The summed E-state index contributed by atoms with van der Waals surface area (Å²) in [5, 5.41) is 10.8. The van der Waals surface area contributed by atoms with Gasteiger partial charge < -0.3 is 24.7 Å². The van der Waals surface area contributed by atoms with Crippen molar-refractivity contribution >= 4 is 35.0 Å². The highest BCUT2D eigenvalue weighted by Crippen LogP contribution is 2.34. The van der Waals surface area contributed by atoms with Crippen LogP contribution in [-0.2, 0) is 33.5 Å². The lowest BCUT2D eigenvalue weighted by Crippen LogP contribution is -2.55. The summed E-state index contributed by atoms with van der Waals surface area (Å²) in [7, 11) is 3.46. The molecule has 1 saturated heterocycles. The van der Waals surface area contributed by atoms with E-state index >= 15 is 0 Å². The minimum Gasteiger partial charge on any atom is -0.450 e. The van der Waals surface area contributed by atoms with Gasteiger partial charge in [0.05, 0.1) is 23.7 Å². The summed E-state index contributed by atoms with van der Waals surface area (Å²) in [4.78, 5) is 47.1. The summed E-state index contributed by atoms with van der Waals surface area (Å²) in [6.45, 7) is 5.05. The number of carbonyl (C=O) groups is 3. The molecule has 246 valence electrons. The number of amidine groups is 1.